The van der Waals surface area contributed by atoms with Crippen LogP contribution in [0.15, 0.2) is 12.7 Å². The van der Waals surface area contributed by atoms with Gasteiger partial charge < -0.3 is 14.2 Å². The summed E-state index contributed by atoms with van der Waals surface area (Å²) >= 11 is 0. The Morgan fingerprint density at radius 3 is 1.71 bits per heavy atom. The molecule has 28 heavy (non-hydrogen) atoms. The van der Waals surface area contributed by atoms with Crippen molar-refractivity contribution in [2.45, 2.75) is 64.2 Å². The van der Waals surface area contributed by atoms with E-state index in [2.05, 4.69) is 6.58 Å². The SMILES string of the molecule is C=CC(=O)OCCCCOC(=O)C1CCC(C2CCC(C(=O)OC)CC2)CC1. The van der Waals surface area contributed by atoms with Crippen molar-refractivity contribution in [3.8, 4) is 0 Å². The van der Waals surface area contributed by atoms with E-state index < -0.39 is 5.97 Å². The maximum Gasteiger partial charge on any atom is 0.330 e. The Hall–Kier alpha value is -1.85. The van der Waals surface area contributed by atoms with E-state index in [1.54, 1.807) is 0 Å². The largest absolute Gasteiger partial charge is 0.469 e. The Kier molecular flexibility index (Phi) is 9.51. The number of ether oxygens (including phenoxy) is 3. The second-order valence-electron chi connectivity index (χ2n) is 7.99. The van der Waals surface area contributed by atoms with Crippen molar-refractivity contribution in [2.75, 3.05) is 20.3 Å². The second kappa shape index (κ2) is 11.9. The fourth-order valence-corrected chi connectivity index (χ4v) is 4.55. The van der Waals surface area contributed by atoms with Gasteiger partial charge >= 0.3 is 17.9 Å². The van der Waals surface area contributed by atoms with Crippen molar-refractivity contribution in [1.82, 2.24) is 0 Å². The predicted molar refractivity (Wildman–Crippen MR) is 104 cm³/mol. The van der Waals surface area contributed by atoms with Crippen LogP contribution in [0.25, 0.3) is 0 Å². The summed E-state index contributed by atoms with van der Waals surface area (Å²) in [4.78, 5) is 34.8. The Labute approximate surface area is 168 Å². The van der Waals surface area contributed by atoms with Crippen LogP contribution in [0.3, 0.4) is 0 Å². The lowest BCUT2D eigenvalue weighted by Crippen LogP contribution is -2.30. The predicted octanol–water partition coefficient (Wildman–Crippen LogP) is 3.82. The molecule has 2 rings (SSSR count). The van der Waals surface area contributed by atoms with Crippen LogP contribution in [0.1, 0.15) is 64.2 Å². The van der Waals surface area contributed by atoms with Crippen molar-refractivity contribution in [2.24, 2.45) is 23.7 Å². The molecule has 0 saturated heterocycles. The first-order valence-electron chi connectivity index (χ1n) is 10.6. The molecular weight excluding hydrogens is 360 g/mol. The molecule has 2 fully saturated rings. The highest BCUT2D eigenvalue weighted by Gasteiger charge is 2.35. The van der Waals surface area contributed by atoms with Crippen LogP contribution in [0.2, 0.25) is 0 Å². The molecular formula is C22H34O6. The molecule has 0 aromatic rings. The van der Waals surface area contributed by atoms with E-state index >= 15 is 0 Å². The minimum Gasteiger partial charge on any atom is -0.469 e. The van der Waals surface area contributed by atoms with Crippen molar-refractivity contribution in [3.63, 3.8) is 0 Å². The zero-order chi connectivity index (χ0) is 20.4. The molecule has 6 nitrogen and oxygen atoms in total. The van der Waals surface area contributed by atoms with Crippen molar-refractivity contribution in [3.05, 3.63) is 12.7 Å². The summed E-state index contributed by atoms with van der Waals surface area (Å²) in [5.74, 6) is 0.861. The lowest BCUT2D eigenvalue weighted by Gasteiger charge is -2.36. The van der Waals surface area contributed by atoms with Crippen molar-refractivity contribution in [1.29, 1.82) is 0 Å². The minimum absolute atomic E-state index is 0.0150. The van der Waals surface area contributed by atoms with Gasteiger partial charge in [0.05, 0.1) is 32.2 Å². The highest BCUT2D eigenvalue weighted by Crippen LogP contribution is 2.41. The third kappa shape index (κ3) is 6.95. The average Bonchev–Trinajstić information content (AvgIpc) is 2.75. The van der Waals surface area contributed by atoms with Gasteiger partial charge in [-0.15, -0.1) is 0 Å². The number of rotatable bonds is 9. The van der Waals surface area contributed by atoms with Crippen LogP contribution in [-0.4, -0.2) is 38.2 Å². The molecule has 0 aromatic heterocycles. The van der Waals surface area contributed by atoms with Gasteiger partial charge in [-0.05, 0) is 76.0 Å². The topological polar surface area (TPSA) is 78.9 Å². The molecule has 0 N–H and O–H groups in total. The molecule has 2 aliphatic carbocycles. The van der Waals surface area contributed by atoms with E-state index in [0.717, 1.165) is 57.4 Å². The van der Waals surface area contributed by atoms with Crippen molar-refractivity contribution < 1.29 is 28.6 Å². The first kappa shape index (κ1) is 22.4. The smallest absolute Gasteiger partial charge is 0.330 e. The van der Waals surface area contributed by atoms with Crippen molar-refractivity contribution >= 4 is 17.9 Å². The lowest BCUT2D eigenvalue weighted by molar-refractivity contribution is -0.151. The molecule has 0 unspecified atom stereocenters. The van der Waals surface area contributed by atoms with E-state index in [1.807, 2.05) is 0 Å². The number of unbranched alkanes of at least 4 members (excludes halogenated alkanes) is 1. The molecule has 0 amide bonds. The van der Waals surface area contributed by atoms with E-state index in [1.165, 1.54) is 7.11 Å². The number of hydrogen-bond acceptors (Lipinski definition) is 6. The number of hydrogen-bond donors (Lipinski definition) is 0. The van der Waals surface area contributed by atoms with Crippen LogP contribution in [0, 0.1) is 23.7 Å². The number of carbonyl (C=O) groups is 3. The summed E-state index contributed by atoms with van der Waals surface area (Å²) < 4.78 is 15.1. The van der Waals surface area contributed by atoms with E-state index in [-0.39, 0.29) is 23.8 Å². The maximum atomic E-state index is 12.2. The summed E-state index contributed by atoms with van der Waals surface area (Å²) in [7, 11) is 1.46. The number of carbonyl (C=O) groups excluding carboxylic acids is 3. The van der Waals surface area contributed by atoms with Gasteiger partial charge in [0.15, 0.2) is 0 Å². The highest BCUT2D eigenvalue weighted by molar-refractivity contribution is 5.81. The van der Waals surface area contributed by atoms with Gasteiger partial charge in [-0.3, -0.25) is 9.59 Å². The van der Waals surface area contributed by atoms with Crippen LogP contribution >= 0.6 is 0 Å². The number of esters is 3. The number of methoxy groups -OCH3 is 1. The van der Waals surface area contributed by atoms with E-state index in [4.69, 9.17) is 14.2 Å². The molecule has 0 aromatic carbocycles. The minimum atomic E-state index is -0.424. The Morgan fingerprint density at radius 1 is 0.786 bits per heavy atom. The zero-order valence-electron chi connectivity index (χ0n) is 17.0. The van der Waals surface area contributed by atoms with Gasteiger partial charge in [0, 0.05) is 6.08 Å². The zero-order valence-corrected chi connectivity index (χ0v) is 17.0. The fraction of sp³-hybridized carbons (Fsp3) is 0.773. The Morgan fingerprint density at radius 2 is 1.25 bits per heavy atom. The summed E-state index contributed by atoms with van der Waals surface area (Å²) in [6.45, 7) is 4.04. The third-order valence-electron chi connectivity index (χ3n) is 6.27. The molecule has 0 bridgehead atoms. The normalized spacial score (nSPS) is 27.5. The summed E-state index contributed by atoms with van der Waals surface area (Å²) in [6, 6.07) is 0. The summed E-state index contributed by atoms with van der Waals surface area (Å²) in [6.07, 6.45) is 10.5. The molecule has 2 saturated carbocycles. The molecule has 2 aliphatic rings. The fourth-order valence-electron chi connectivity index (χ4n) is 4.55. The Balaban J connectivity index is 1.58. The van der Waals surface area contributed by atoms with E-state index in [9.17, 15) is 14.4 Å². The van der Waals surface area contributed by atoms with E-state index in [0.29, 0.717) is 37.9 Å². The third-order valence-corrected chi connectivity index (χ3v) is 6.27. The van der Waals surface area contributed by atoms with Gasteiger partial charge in [0.25, 0.3) is 0 Å². The lowest BCUT2D eigenvalue weighted by atomic mass is 9.69. The molecule has 0 aliphatic heterocycles. The van der Waals surface area contributed by atoms with Crippen LogP contribution in [0.5, 0.6) is 0 Å². The molecule has 0 spiro atoms. The average molecular weight is 395 g/mol. The first-order valence-corrected chi connectivity index (χ1v) is 10.6. The van der Waals surface area contributed by atoms with Crippen LogP contribution < -0.4 is 0 Å². The molecule has 0 heterocycles. The quantitative estimate of drug-likeness (QED) is 0.256. The van der Waals surface area contributed by atoms with Gasteiger partial charge in [0.1, 0.15) is 0 Å². The highest BCUT2D eigenvalue weighted by atomic mass is 16.5. The van der Waals surface area contributed by atoms with Crippen LogP contribution in [-0.2, 0) is 28.6 Å². The first-order chi connectivity index (χ1) is 13.5. The van der Waals surface area contributed by atoms with Gasteiger partial charge in [0.2, 0.25) is 0 Å². The van der Waals surface area contributed by atoms with Gasteiger partial charge in [-0.2, -0.15) is 0 Å². The maximum absolute atomic E-state index is 12.2. The molecule has 158 valence electrons. The molecule has 6 heteroatoms. The van der Waals surface area contributed by atoms with Gasteiger partial charge in [-0.1, -0.05) is 6.58 Å². The summed E-state index contributed by atoms with van der Waals surface area (Å²) in [5, 5.41) is 0. The monoisotopic (exact) mass is 394 g/mol. The molecule has 0 radical (unpaired) electrons. The standard InChI is InChI=1S/C22H34O6/c1-3-20(23)27-14-4-5-15-28-22(25)19-12-8-17(9-13-19)16-6-10-18(11-7-16)21(24)26-2/h3,16-19H,1,4-15H2,2H3. The summed E-state index contributed by atoms with van der Waals surface area (Å²) in [5.41, 5.74) is 0. The van der Waals surface area contributed by atoms with Crippen LogP contribution in [0.4, 0.5) is 0 Å². The second-order valence-corrected chi connectivity index (χ2v) is 7.99. The van der Waals surface area contributed by atoms with Gasteiger partial charge in [-0.25, -0.2) is 4.79 Å². The Bertz CT molecular complexity index is 527. The molecule has 0 atom stereocenters.